The van der Waals surface area contributed by atoms with E-state index in [1.807, 2.05) is 0 Å². The summed E-state index contributed by atoms with van der Waals surface area (Å²) in [6.45, 7) is 2.93. The fourth-order valence-electron chi connectivity index (χ4n) is 2.78. The van der Waals surface area contributed by atoms with Gasteiger partial charge in [0, 0.05) is 13.0 Å². The van der Waals surface area contributed by atoms with Crippen molar-refractivity contribution >= 4 is 17.8 Å². The zero-order valence-corrected chi connectivity index (χ0v) is 10.8. The maximum Gasteiger partial charge on any atom is 0.313 e. The number of nitrogens with one attached hydrogen (secondary N) is 1. The van der Waals surface area contributed by atoms with E-state index in [2.05, 4.69) is 10.3 Å². The Labute approximate surface area is 111 Å². The molecule has 0 bridgehead atoms. The van der Waals surface area contributed by atoms with Crippen LogP contribution in [0.25, 0.3) is 0 Å². The van der Waals surface area contributed by atoms with Crippen molar-refractivity contribution in [2.24, 2.45) is 15.8 Å². The standard InChI is InChI=1S/C13H18N2O4/c1-12(10(16)17)3-2-4-13(8-12,11(18)19)7-9-14-5-6-15-9/h2-3H,4-8H2,1H3,(H,14,15)(H,16,17)(H,18,19). The Morgan fingerprint density at radius 2 is 2.16 bits per heavy atom. The fourth-order valence-corrected chi connectivity index (χ4v) is 2.78. The third-order valence-corrected chi connectivity index (χ3v) is 3.89. The number of carboxylic acids is 2. The zero-order valence-electron chi connectivity index (χ0n) is 10.8. The van der Waals surface area contributed by atoms with Crippen LogP contribution in [-0.2, 0) is 9.59 Å². The molecule has 0 fully saturated rings. The van der Waals surface area contributed by atoms with Gasteiger partial charge in [-0.15, -0.1) is 0 Å². The second kappa shape index (κ2) is 4.68. The van der Waals surface area contributed by atoms with E-state index < -0.39 is 22.8 Å². The smallest absolute Gasteiger partial charge is 0.313 e. The van der Waals surface area contributed by atoms with E-state index in [4.69, 9.17) is 0 Å². The summed E-state index contributed by atoms with van der Waals surface area (Å²) in [5.41, 5.74) is -2.21. The van der Waals surface area contributed by atoms with Crippen LogP contribution in [0.5, 0.6) is 0 Å². The molecule has 0 amide bonds. The maximum atomic E-state index is 11.7. The van der Waals surface area contributed by atoms with E-state index >= 15 is 0 Å². The number of aliphatic imine (C=N–C) groups is 1. The minimum atomic E-state index is -1.13. The van der Waals surface area contributed by atoms with Gasteiger partial charge in [-0.05, 0) is 19.8 Å². The van der Waals surface area contributed by atoms with Crippen molar-refractivity contribution in [1.82, 2.24) is 5.32 Å². The molecule has 6 nitrogen and oxygen atoms in total. The van der Waals surface area contributed by atoms with Crippen molar-refractivity contribution in [1.29, 1.82) is 0 Å². The number of carboxylic acid groups (broad SMARTS) is 2. The number of allylic oxidation sites excluding steroid dienone is 1. The lowest BCUT2D eigenvalue weighted by atomic mass is 9.64. The molecule has 2 atom stereocenters. The molecule has 0 saturated carbocycles. The minimum absolute atomic E-state index is 0.0852. The van der Waals surface area contributed by atoms with E-state index in [0.717, 1.165) is 6.54 Å². The highest BCUT2D eigenvalue weighted by Crippen LogP contribution is 2.45. The Morgan fingerprint density at radius 3 is 2.68 bits per heavy atom. The molecule has 0 aromatic carbocycles. The molecule has 2 aliphatic rings. The fraction of sp³-hybridized carbons (Fsp3) is 0.615. The molecule has 19 heavy (non-hydrogen) atoms. The van der Waals surface area contributed by atoms with Crippen LogP contribution in [0.2, 0.25) is 0 Å². The van der Waals surface area contributed by atoms with Gasteiger partial charge in [-0.1, -0.05) is 12.2 Å². The lowest BCUT2D eigenvalue weighted by Crippen LogP contribution is -2.44. The monoisotopic (exact) mass is 266 g/mol. The van der Waals surface area contributed by atoms with Gasteiger partial charge in [0.2, 0.25) is 0 Å². The van der Waals surface area contributed by atoms with Crippen LogP contribution in [0.3, 0.4) is 0 Å². The van der Waals surface area contributed by atoms with E-state index in [0.29, 0.717) is 18.8 Å². The molecule has 3 N–H and O–H groups in total. The molecule has 2 rings (SSSR count). The van der Waals surface area contributed by atoms with Crippen LogP contribution < -0.4 is 5.32 Å². The van der Waals surface area contributed by atoms with Crippen molar-refractivity contribution in [3.63, 3.8) is 0 Å². The maximum absolute atomic E-state index is 11.7. The molecule has 104 valence electrons. The first kappa shape index (κ1) is 13.6. The molecule has 0 radical (unpaired) electrons. The lowest BCUT2D eigenvalue weighted by molar-refractivity contribution is -0.155. The van der Waals surface area contributed by atoms with E-state index in [1.54, 1.807) is 19.1 Å². The van der Waals surface area contributed by atoms with Gasteiger partial charge in [0.25, 0.3) is 0 Å². The van der Waals surface area contributed by atoms with Crippen LogP contribution in [-0.4, -0.2) is 41.1 Å². The van der Waals surface area contributed by atoms with Crippen LogP contribution in [0.1, 0.15) is 26.2 Å². The highest BCUT2D eigenvalue weighted by Gasteiger charge is 2.49. The normalized spacial score (nSPS) is 33.6. The summed E-state index contributed by atoms with van der Waals surface area (Å²) in [6.07, 6.45) is 3.95. The Hall–Kier alpha value is -1.85. The lowest BCUT2D eigenvalue weighted by Gasteiger charge is -2.38. The van der Waals surface area contributed by atoms with Gasteiger partial charge >= 0.3 is 11.9 Å². The van der Waals surface area contributed by atoms with Gasteiger partial charge in [-0.25, -0.2) is 0 Å². The molecule has 6 heteroatoms. The average Bonchev–Trinajstić information content (AvgIpc) is 2.81. The molecule has 1 heterocycles. The topological polar surface area (TPSA) is 99.0 Å². The highest BCUT2D eigenvalue weighted by molar-refractivity contribution is 5.90. The van der Waals surface area contributed by atoms with Crippen LogP contribution in [0.4, 0.5) is 0 Å². The summed E-state index contributed by atoms with van der Waals surface area (Å²) in [5, 5.41) is 21.9. The van der Waals surface area contributed by atoms with Gasteiger partial charge in [0.15, 0.2) is 0 Å². The van der Waals surface area contributed by atoms with Crippen LogP contribution in [0.15, 0.2) is 17.1 Å². The number of hydrogen-bond donors (Lipinski definition) is 3. The zero-order chi connectivity index (χ0) is 14.1. The molecule has 0 aromatic rings. The van der Waals surface area contributed by atoms with Crippen molar-refractivity contribution in [2.45, 2.75) is 26.2 Å². The second-order valence-corrected chi connectivity index (χ2v) is 5.52. The largest absolute Gasteiger partial charge is 0.481 e. The number of carbonyl (C=O) groups is 2. The molecule has 1 aliphatic heterocycles. The Bertz CT molecular complexity index is 471. The third kappa shape index (κ3) is 2.47. The second-order valence-electron chi connectivity index (χ2n) is 5.52. The number of nitrogens with zero attached hydrogens (tertiary/aromatic N) is 1. The SMILES string of the molecule is CC1(C(=O)O)C=CCC(CC2=NCCN2)(C(=O)O)C1. The van der Waals surface area contributed by atoms with Crippen molar-refractivity contribution in [2.75, 3.05) is 13.1 Å². The van der Waals surface area contributed by atoms with Crippen LogP contribution >= 0.6 is 0 Å². The molecular formula is C13H18N2O4. The Kier molecular flexibility index (Phi) is 3.34. The van der Waals surface area contributed by atoms with E-state index in [-0.39, 0.29) is 12.8 Å². The van der Waals surface area contributed by atoms with E-state index in [9.17, 15) is 19.8 Å². The summed E-state index contributed by atoms with van der Waals surface area (Å²) < 4.78 is 0. The molecule has 2 unspecified atom stereocenters. The number of hydrogen-bond acceptors (Lipinski definition) is 4. The summed E-state index contributed by atoms with van der Waals surface area (Å²) in [6, 6.07) is 0. The average molecular weight is 266 g/mol. The first-order valence-electron chi connectivity index (χ1n) is 6.30. The van der Waals surface area contributed by atoms with Crippen molar-refractivity contribution in [3.05, 3.63) is 12.2 Å². The number of rotatable bonds is 4. The van der Waals surface area contributed by atoms with Gasteiger partial charge in [-0.3, -0.25) is 14.6 Å². The summed E-state index contributed by atoms with van der Waals surface area (Å²) in [5.74, 6) is -1.28. The van der Waals surface area contributed by atoms with E-state index in [1.165, 1.54) is 0 Å². The highest BCUT2D eigenvalue weighted by atomic mass is 16.4. The first-order valence-corrected chi connectivity index (χ1v) is 6.30. The molecule has 0 saturated heterocycles. The van der Waals surface area contributed by atoms with Gasteiger partial charge < -0.3 is 15.5 Å². The predicted molar refractivity (Wildman–Crippen MR) is 69.1 cm³/mol. The van der Waals surface area contributed by atoms with Gasteiger partial charge in [0.1, 0.15) is 0 Å². The minimum Gasteiger partial charge on any atom is -0.481 e. The molecule has 1 aliphatic carbocycles. The van der Waals surface area contributed by atoms with Crippen molar-refractivity contribution < 1.29 is 19.8 Å². The number of aliphatic carboxylic acids is 2. The molecule has 0 spiro atoms. The summed E-state index contributed by atoms with van der Waals surface area (Å²) in [4.78, 5) is 27.2. The first-order chi connectivity index (χ1) is 8.88. The Morgan fingerprint density at radius 1 is 1.42 bits per heavy atom. The quantitative estimate of drug-likeness (QED) is 0.656. The summed E-state index contributed by atoms with van der Waals surface area (Å²) in [7, 11) is 0. The number of amidine groups is 1. The Balaban J connectivity index is 2.28. The molecular weight excluding hydrogens is 248 g/mol. The summed E-state index contributed by atoms with van der Waals surface area (Å²) >= 11 is 0. The van der Waals surface area contributed by atoms with Gasteiger partial charge in [0.05, 0.1) is 23.2 Å². The molecule has 0 aromatic heterocycles. The predicted octanol–water partition coefficient (Wildman–Crippen LogP) is 0.890. The van der Waals surface area contributed by atoms with Gasteiger partial charge in [-0.2, -0.15) is 0 Å². The van der Waals surface area contributed by atoms with Crippen molar-refractivity contribution in [3.8, 4) is 0 Å². The van der Waals surface area contributed by atoms with Crippen LogP contribution in [0, 0.1) is 10.8 Å². The third-order valence-electron chi connectivity index (χ3n) is 3.89.